The van der Waals surface area contributed by atoms with Gasteiger partial charge in [-0.1, -0.05) is 45.9 Å². The summed E-state index contributed by atoms with van der Waals surface area (Å²) in [6.07, 6.45) is 21.6. The van der Waals surface area contributed by atoms with E-state index in [1.807, 2.05) is 45.9 Å². The van der Waals surface area contributed by atoms with Gasteiger partial charge in [0.05, 0.1) is 42.7 Å². The zero-order valence-electron chi connectivity index (χ0n) is 30.1. The summed E-state index contributed by atoms with van der Waals surface area (Å²) in [4.78, 5) is 0. The second-order valence-corrected chi connectivity index (χ2v) is 14.1. The van der Waals surface area contributed by atoms with Crippen LogP contribution in [-0.2, 0) is 13.1 Å². The van der Waals surface area contributed by atoms with E-state index in [1.54, 1.807) is 42.7 Å². The molecule has 2 aromatic carbocycles. The highest BCUT2D eigenvalue weighted by atomic mass is 33.1. The third kappa shape index (κ3) is 11.7. The molecule has 0 aliphatic carbocycles. The molecule has 0 saturated carbocycles. The maximum atomic E-state index is 5.46. The van der Waals surface area contributed by atoms with Crippen LogP contribution in [0.1, 0.15) is 47.9 Å². The summed E-state index contributed by atoms with van der Waals surface area (Å²) >= 11 is 0. The molecule has 2 heterocycles. The molecule has 10 heteroatoms. The lowest BCUT2D eigenvalue weighted by Gasteiger charge is -2.12. The van der Waals surface area contributed by atoms with Crippen LogP contribution in [-0.4, -0.2) is 54.2 Å². The number of ether oxygens (including phenoxy) is 6. The minimum Gasteiger partial charge on any atom is -0.493 e. The van der Waals surface area contributed by atoms with Gasteiger partial charge in [-0.05, 0) is 59.4 Å². The van der Waals surface area contributed by atoms with E-state index in [0.717, 1.165) is 35.3 Å². The van der Waals surface area contributed by atoms with Crippen molar-refractivity contribution in [1.29, 1.82) is 0 Å². The average Bonchev–Trinajstić information content (AvgIpc) is 3.16. The number of nitrogens with zero attached hydrogens (tertiary/aromatic N) is 2. The summed E-state index contributed by atoms with van der Waals surface area (Å²) in [6, 6.07) is 16.3. The Bertz CT molecular complexity index is 1500. The second-order valence-electron chi connectivity index (χ2n) is 11.4. The number of rotatable bonds is 21. The number of aryl methyl sites for hydroxylation is 2. The van der Waals surface area contributed by atoms with Gasteiger partial charge in [0.2, 0.25) is 11.5 Å². The van der Waals surface area contributed by atoms with Gasteiger partial charge in [-0.25, -0.2) is 9.13 Å². The molecule has 4 rings (SSSR count). The normalized spacial score (nSPS) is 11.2. The van der Waals surface area contributed by atoms with Crippen LogP contribution in [0.5, 0.6) is 34.5 Å². The number of methoxy groups -OCH3 is 6. The first-order chi connectivity index (χ1) is 24.5. The highest BCUT2D eigenvalue weighted by Gasteiger charge is 2.13. The molecular weight excluding hydrogens is 669 g/mol. The number of hydrogen-bond donors (Lipinski definition) is 0. The number of pyridine rings is 2. The van der Waals surface area contributed by atoms with E-state index in [4.69, 9.17) is 28.4 Å². The van der Waals surface area contributed by atoms with Crippen molar-refractivity contribution in [3.05, 3.63) is 95.6 Å². The molecule has 0 radical (unpaired) electrons. The van der Waals surface area contributed by atoms with Crippen molar-refractivity contribution in [2.24, 2.45) is 0 Å². The fourth-order valence-electron chi connectivity index (χ4n) is 5.27. The molecule has 8 nitrogen and oxygen atoms in total. The van der Waals surface area contributed by atoms with Crippen molar-refractivity contribution >= 4 is 45.9 Å². The molecule has 0 amide bonds. The zero-order valence-corrected chi connectivity index (χ0v) is 31.7. The molecule has 0 aliphatic rings. The van der Waals surface area contributed by atoms with Gasteiger partial charge in [0.15, 0.2) is 47.8 Å². The SMILES string of the molecule is COc1cc(/C=C/c2cc[n+](CCCCSSCCCC[n+]3ccc(/C=C/c4cc(OC)c(OC)c(OC)c4)cc3)cc2)cc(OC)c1OC. The van der Waals surface area contributed by atoms with Crippen LogP contribution >= 0.6 is 21.6 Å². The van der Waals surface area contributed by atoms with Gasteiger partial charge in [0.25, 0.3) is 0 Å². The van der Waals surface area contributed by atoms with Gasteiger partial charge >= 0.3 is 0 Å². The third-order valence-electron chi connectivity index (χ3n) is 8.02. The minimum absolute atomic E-state index is 0.596. The Labute approximate surface area is 305 Å². The Morgan fingerprint density at radius 3 is 1.06 bits per heavy atom. The van der Waals surface area contributed by atoms with Crippen LogP contribution in [0.3, 0.4) is 0 Å². The molecule has 0 unspecified atom stereocenters. The maximum absolute atomic E-state index is 5.46. The Morgan fingerprint density at radius 1 is 0.440 bits per heavy atom. The number of hydrogen-bond acceptors (Lipinski definition) is 8. The molecule has 0 atom stereocenters. The summed E-state index contributed by atoms with van der Waals surface area (Å²) in [5.74, 6) is 6.13. The Hall–Kier alpha value is -4.28. The summed E-state index contributed by atoms with van der Waals surface area (Å²) in [5.41, 5.74) is 4.24. The van der Waals surface area contributed by atoms with Crippen LogP contribution in [0.25, 0.3) is 24.3 Å². The molecule has 0 saturated heterocycles. The van der Waals surface area contributed by atoms with Crippen molar-refractivity contribution in [3.63, 3.8) is 0 Å². The summed E-state index contributed by atoms with van der Waals surface area (Å²) in [7, 11) is 13.7. The highest BCUT2D eigenvalue weighted by molar-refractivity contribution is 8.76. The van der Waals surface area contributed by atoms with Gasteiger partial charge in [0.1, 0.15) is 13.1 Å². The standard InChI is InChI=1S/C40H50N2O6S2/c1-43-35-27-33(28-36(44-2)39(35)47-5)13-11-31-15-21-41(22-16-31)19-7-9-25-49-50-26-10-8-20-42-23-17-32(18-24-42)12-14-34-29-37(45-3)40(48-6)38(30-34)46-4/h11-18,21-24,27-30H,7-10,19-20,25-26H2,1-6H3/q+2/b13-11+,14-12+. The van der Waals surface area contributed by atoms with Crippen molar-refractivity contribution in [1.82, 2.24) is 0 Å². The molecular formula is C40H50N2O6S2+2. The van der Waals surface area contributed by atoms with Gasteiger partial charge in [-0.3, -0.25) is 0 Å². The lowest BCUT2D eigenvalue weighted by molar-refractivity contribution is -0.697. The third-order valence-corrected chi connectivity index (χ3v) is 10.6. The van der Waals surface area contributed by atoms with Gasteiger partial charge < -0.3 is 28.4 Å². The quantitative estimate of drug-likeness (QED) is 0.0485. The topological polar surface area (TPSA) is 63.1 Å². The van der Waals surface area contributed by atoms with Crippen molar-refractivity contribution in [3.8, 4) is 34.5 Å². The maximum Gasteiger partial charge on any atom is 0.203 e. The zero-order chi connectivity index (χ0) is 35.6. The van der Waals surface area contributed by atoms with Crippen molar-refractivity contribution in [2.45, 2.75) is 38.8 Å². The second kappa shape index (κ2) is 21.1. The molecule has 0 spiro atoms. The summed E-state index contributed by atoms with van der Waals surface area (Å²) in [5, 5.41) is 0. The van der Waals surface area contributed by atoms with Crippen LogP contribution in [0.2, 0.25) is 0 Å². The molecule has 0 bridgehead atoms. The van der Waals surface area contributed by atoms with E-state index in [-0.39, 0.29) is 0 Å². The summed E-state index contributed by atoms with van der Waals surface area (Å²) < 4.78 is 37.2. The van der Waals surface area contributed by atoms with Gasteiger partial charge in [-0.2, -0.15) is 0 Å². The molecule has 2 aromatic heterocycles. The highest BCUT2D eigenvalue weighted by Crippen LogP contribution is 2.39. The van der Waals surface area contributed by atoms with E-state index in [1.165, 1.54) is 37.2 Å². The van der Waals surface area contributed by atoms with Crippen molar-refractivity contribution < 1.29 is 37.6 Å². The van der Waals surface area contributed by atoms with E-state index < -0.39 is 0 Å². The average molecular weight is 719 g/mol. The van der Waals surface area contributed by atoms with E-state index in [2.05, 4.69) is 82.5 Å². The molecule has 266 valence electrons. The Kier molecular flexibility index (Phi) is 16.2. The van der Waals surface area contributed by atoms with Crippen LogP contribution < -0.4 is 37.6 Å². The lowest BCUT2D eigenvalue weighted by Crippen LogP contribution is -2.32. The molecule has 4 aromatic rings. The van der Waals surface area contributed by atoms with E-state index >= 15 is 0 Å². The first-order valence-electron chi connectivity index (χ1n) is 16.7. The van der Waals surface area contributed by atoms with Crippen molar-refractivity contribution in [2.75, 3.05) is 54.2 Å². The Balaban J connectivity index is 1.07. The fourth-order valence-corrected chi connectivity index (χ4v) is 7.56. The summed E-state index contributed by atoms with van der Waals surface area (Å²) in [6.45, 7) is 2.05. The predicted molar refractivity (Wildman–Crippen MR) is 207 cm³/mol. The van der Waals surface area contributed by atoms with E-state index in [9.17, 15) is 0 Å². The first kappa shape index (κ1) is 38.5. The number of unbranched alkanes of at least 4 members (excludes halogenated alkanes) is 2. The lowest BCUT2D eigenvalue weighted by atomic mass is 10.1. The van der Waals surface area contributed by atoms with Crippen LogP contribution in [0.15, 0.2) is 73.3 Å². The number of aromatic nitrogens is 2. The van der Waals surface area contributed by atoms with Gasteiger partial charge in [-0.15, -0.1) is 0 Å². The van der Waals surface area contributed by atoms with Crippen LogP contribution in [0.4, 0.5) is 0 Å². The first-order valence-corrected chi connectivity index (χ1v) is 19.2. The smallest absolute Gasteiger partial charge is 0.203 e. The molecule has 0 aliphatic heterocycles. The molecule has 50 heavy (non-hydrogen) atoms. The Morgan fingerprint density at radius 2 is 0.760 bits per heavy atom. The fraction of sp³-hybridized carbons (Fsp3) is 0.350. The molecule has 0 fully saturated rings. The van der Waals surface area contributed by atoms with Gasteiger partial charge in [0, 0.05) is 48.6 Å². The van der Waals surface area contributed by atoms with E-state index in [0.29, 0.717) is 34.5 Å². The largest absolute Gasteiger partial charge is 0.493 e. The number of benzene rings is 2. The minimum atomic E-state index is 0.596. The predicted octanol–water partition coefficient (Wildman–Crippen LogP) is 8.30. The monoisotopic (exact) mass is 718 g/mol. The molecule has 0 N–H and O–H groups in total. The van der Waals surface area contributed by atoms with Crippen LogP contribution in [0, 0.1) is 0 Å².